The molecule has 0 spiro atoms. The third-order valence-electron chi connectivity index (χ3n) is 4.30. The lowest BCUT2D eigenvalue weighted by molar-refractivity contribution is -0.145. The smallest absolute Gasteiger partial charge is 0.352 e. The molecule has 4 rings (SSSR count). The number of aromatic hydroxyl groups is 2. The standard InChI is InChI=1S/C20H15N3O7/c1-22(10-19(27)30-23-17(25)6-7-18(23)26)20(28)11-2-4-13-15(8-11)29-16-9-12(24)3-5-14(16)21-13/h2-9,25-26H,10H2,1H3. The molecule has 1 aliphatic heterocycles. The summed E-state index contributed by atoms with van der Waals surface area (Å²) >= 11 is 0. The van der Waals surface area contributed by atoms with Gasteiger partial charge in [0.2, 0.25) is 11.8 Å². The average Bonchev–Trinajstić information content (AvgIpc) is 3.03. The van der Waals surface area contributed by atoms with Crippen LogP contribution in [0.4, 0.5) is 0 Å². The fraction of sp³-hybridized carbons (Fsp3) is 0.100. The normalized spacial score (nSPS) is 11.0. The third-order valence-corrected chi connectivity index (χ3v) is 4.30. The number of fused-ring (bicyclic) bond motifs is 2. The summed E-state index contributed by atoms with van der Waals surface area (Å²) in [5.41, 5.74) is 1.32. The zero-order valence-electron chi connectivity index (χ0n) is 15.6. The van der Waals surface area contributed by atoms with Gasteiger partial charge in [0.15, 0.2) is 16.8 Å². The predicted molar refractivity (Wildman–Crippen MR) is 103 cm³/mol. The molecule has 0 saturated carbocycles. The van der Waals surface area contributed by atoms with Crippen LogP contribution in [-0.2, 0) is 4.79 Å². The summed E-state index contributed by atoms with van der Waals surface area (Å²) < 4.78 is 6.23. The highest BCUT2D eigenvalue weighted by atomic mass is 16.7. The van der Waals surface area contributed by atoms with E-state index in [1.54, 1.807) is 12.1 Å². The van der Waals surface area contributed by atoms with Gasteiger partial charge in [0.25, 0.3) is 5.91 Å². The second-order valence-corrected chi connectivity index (χ2v) is 6.49. The molecule has 1 aliphatic carbocycles. The Bertz CT molecular complexity index is 1290. The van der Waals surface area contributed by atoms with E-state index >= 15 is 0 Å². The first-order valence-corrected chi connectivity index (χ1v) is 8.73. The van der Waals surface area contributed by atoms with Crippen molar-refractivity contribution in [3.63, 3.8) is 0 Å². The molecule has 30 heavy (non-hydrogen) atoms. The Kier molecular flexibility index (Phi) is 4.59. The molecule has 1 amide bonds. The zero-order valence-corrected chi connectivity index (χ0v) is 15.6. The van der Waals surface area contributed by atoms with Gasteiger partial charge in [0, 0.05) is 30.8 Å². The number of aromatic nitrogens is 2. The summed E-state index contributed by atoms with van der Waals surface area (Å²) in [5, 5.41) is 19.0. The minimum absolute atomic E-state index is 0.224. The minimum Gasteiger partial charge on any atom is -0.492 e. The van der Waals surface area contributed by atoms with Gasteiger partial charge < -0.3 is 24.4 Å². The van der Waals surface area contributed by atoms with Crippen LogP contribution in [0.25, 0.3) is 22.6 Å². The van der Waals surface area contributed by atoms with Gasteiger partial charge in [-0.3, -0.25) is 9.59 Å². The second-order valence-electron chi connectivity index (χ2n) is 6.49. The quantitative estimate of drug-likeness (QED) is 0.481. The highest BCUT2D eigenvalue weighted by molar-refractivity contribution is 5.98. The lowest BCUT2D eigenvalue weighted by atomic mass is 10.1. The Morgan fingerprint density at radius 2 is 1.83 bits per heavy atom. The van der Waals surface area contributed by atoms with E-state index < -0.39 is 30.2 Å². The number of hydrogen-bond acceptors (Lipinski definition) is 8. The first kappa shape index (κ1) is 19.0. The SMILES string of the molecule is CN(CC(=O)On1c(O)ccc1O)C(=O)c1ccc2nc3ccc(=O)cc-3oc2c1. The summed E-state index contributed by atoms with van der Waals surface area (Å²) in [6.45, 7) is -0.444. The molecule has 0 unspecified atom stereocenters. The summed E-state index contributed by atoms with van der Waals surface area (Å²) in [5.74, 6) is -2.02. The highest BCUT2D eigenvalue weighted by Gasteiger charge is 2.20. The number of likely N-dealkylation sites (N-methyl/N-ethyl adjacent to an activating group) is 1. The van der Waals surface area contributed by atoms with Crippen molar-refractivity contribution in [2.45, 2.75) is 0 Å². The Morgan fingerprint density at radius 1 is 1.10 bits per heavy atom. The fourth-order valence-corrected chi connectivity index (χ4v) is 2.85. The molecule has 2 heterocycles. The van der Waals surface area contributed by atoms with Gasteiger partial charge in [-0.05, 0) is 30.3 Å². The van der Waals surface area contributed by atoms with Crippen LogP contribution >= 0.6 is 0 Å². The van der Waals surface area contributed by atoms with Crippen molar-refractivity contribution in [3.8, 4) is 23.2 Å². The molecule has 0 bridgehead atoms. The molecule has 1 aromatic heterocycles. The van der Waals surface area contributed by atoms with E-state index in [-0.39, 0.29) is 11.0 Å². The molecule has 1 aromatic carbocycles. The van der Waals surface area contributed by atoms with E-state index in [0.29, 0.717) is 27.3 Å². The van der Waals surface area contributed by atoms with Crippen molar-refractivity contribution in [1.82, 2.24) is 14.6 Å². The van der Waals surface area contributed by atoms with Gasteiger partial charge in [0.05, 0.1) is 0 Å². The van der Waals surface area contributed by atoms with E-state index in [4.69, 9.17) is 9.25 Å². The maximum absolute atomic E-state index is 12.7. The molecule has 10 nitrogen and oxygen atoms in total. The number of rotatable bonds is 4. The van der Waals surface area contributed by atoms with Gasteiger partial charge >= 0.3 is 5.97 Å². The zero-order chi connectivity index (χ0) is 21.4. The van der Waals surface area contributed by atoms with Gasteiger partial charge in [-0.1, -0.05) is 0 Å². The third kappa shape index (κ3) is 3.53. The van der Waals surface area contributed by atoms with Crippen molar-refractivity contribution >= 4 is 23.0 Å². The molecule has 2 N–H and O–H groups in total. The van der Waals surface area contributed by atoms with E-state index in [1.165, 1.54) is 31.3 Å². The minimum atomic E-state index is -0.881. The number of benzene rings is 2. The van der Waals surface area contributed by atoms with E-state index in [9.17, 15) is 24.6 Å². The number of amides is 1. The van der Waals surface area contributed by atoms with Gasteiger partial charge in [-0.2, -0.15) is 0 Å². The monoisotopic (exact) mass is 409 g/mol. The van der Waals surface area contributed by atoms with Crippen LogP contribution in [0.15, 0.2) is 57.7 Å². The van der Waals surface area contributed by atoms with Crippen molar-refractivity contribution in [3.05, 3.63) is 64.3 Å². The van der Waals surface area contributed by atoms with Crippen molar-refractivity contribution in [1.29, 1.82) is 0 Å². The summed E-state index contributed by atoms with van der Waals surface area (Å²) in [4.78, 5) is 46.5. The van der Waals surface area contributed by atoms with Crippen molar-refractivity contribution in [2.24, 2.45) is 0 Å². The van der Waals surface area contributed by atoms with E-state index in [1.807, 2.05) is 0 Å². The van der Waals surface area contributed by atoms with Crippen molar-refractivity contribution < 1.29 is 29.1 Å². The lowest BCUT2D eigenvalue weighted by Gasteiger charge is -2.17. The van der Waals surface area contributed by atoms with E-state index in [2.05, 4.69) is 4.98 Å². The van der Waals surface area contributed by atoms with Gasteiger partial charge in [-0.25, -0.2) is 9.78 Å². The molecule has 2 aliphatic rings. The predicted octanol–water partition coefficient (Wildman–Crippen LogP) is 1.23. The molecule has 0 saturated heterocycles. The van der Waals surface area contributed by atoms with Crippen LogP contribution in [-0.4, -0.2) is 50.3 Å². The molecule has 0 radical (unpaired) electrons. The average molecular weight is 409 g/mol. The van der Waals surface area contributed by atoms with Gasteiger partial charge in [-0.15, -0.1) is 4.73 Å². The van der Waals surface area contributed by atoms with E-state index in [0.717, 1.165) is 17.0 Å². The highest BCUT2D eigenvalue weighted by Crippen LogP contribution is 2.24. The molecule has 2 aromatic rings. The Labute approximate surface area is 168 Å². The van der Waals surface area contributed by atoms with Crippen LogP contribution in [0.5, 0.6) is 11.8 Å². The Balaban J connectivity index is 1.54. The summed E-state index contributed by atoms with van der Waals surface area (Å²) in [7, 11) is 1.39. The summed E-state index contributed by atoms with van der Waals surface area (Å²) in [6, 6.07) is 11.1. The second kappa shape index (κ2) is 7.24. The van der Waals surface area contributed by atoms with Crippen LogP contribution in [0.1, 0.15) is 10.4 Å². The topological polar surface area (TPSA) is 135 Å². The molecule has 10 heteroatoms. The van der Waals surface area contributed by atoms with Crippen molar-refractivity contribution in [2.75, 3.05) is 13.6 Å². The molecule has 0 atom stereocenters. The maximum atomic E-state index is 12.7. The molecular formula is C20H15N3O7. The largest absolute Gasteiger partial charge is 0.492 e. The van der Waals surface area contributed by atoms with Crippen LogP contribution in [0.3, 0.4) is 0 Å². The number of hydrogen-bond donors (Lipinski definition) is 2. The lowest BCUT2D eigenvalue weighted by Crippen LogP contribution is -2.36. The maximum Gasteiger partial charge on any atom is 0.352 e. The molecule has 152 valence electrons. The number of carbonyl (C=O) groups excluding carboxylic acids is 2. The molecule has 0 fully saturated rings. The molecular weight excluding hydrogens is 394 g/mol. The fourth-order valence-electron chi connectivity index (χ4n) is 2.85. The first-order chi connectivity index (χ1) is 14.3. The number of carbonyl (C=O) groups is 2. The summed E-state index contributed by atoms with van der Waals surface area (Å²) in [6.07, 6.45) is 0. The number of nitrogens with zero attached hydrogens (tertiary/aromatic N) is 3. The van der Waals surface area contributed by atoms with Gasteiger partial charge in [0.1, 0.15) is 17.8 Å². The first-order valence-electron chi connectivity index (χ1n) is 8.73. The van der Waals surface area contributed by atoms with Crippen LogP contribution < -0.4 is 10.3 Å². The van der Waals surface area contributed by atoms with Crippen LogP contribution in [0, 0.1) is 0 Å². The van der Waals surface area contributed by atoms with Crippen LogP contribution in [0.2, 0.25) is 0 Å². The Hall–Kier alpha value is -4.34. The Morgan fingerprint density at radius 3 is 2.57 bits per heavy atom.